The third kappa shape index (κ3) is 5.49. The van der Waals surface area contributed by atoms with Crippen molar-refractivity contribution in [3.8, 4) is 11.5 Å². The number of hydrogen-bond donors (Lipinski definition) is 1. The Balaban J connectivity index is 1.77. The van der Waals surface area contributed by atoms with Crippen molar-refractivity contribution in [2.24, 2.45) is 0 Å². The quantitative estimate of drug-likeness (QED) is 0.220. The van der Waals surface area contributed by atoms with Crippen LogP contribution in [-0.4, -0.2) is 23.8 Å². The summed E-state index contributed by atoms with van der Waals surface area (Å²) < 4.78 is 12.9. The Morgan fingerprint density at radius 2 is 1.63 bits per heavy atom. The lowest BCUT2D eigenvalue weighted by Crippen LogP contribution is -2.24. The van der Waals surface area contributed by atoms with E-state index < -0.39 is 0 Å². The maximum atomic E-state index is 9.05. The molecular weight excluding hydrogens is 478 g/mol. The molecule has 0 saturated carbocycles. The van der Waals surface area contributed by atoms with Gasteiger partial charge in [-0.25, -0.2) is 4.98 Å². The van der Waals surface area contributed by atoms with Crippen molar-refractivity contribution >= 4 is 34.3 Å². The zero-order chi connectivity index (χ0) is 25.2. The number of benzene rings is 3. The molecule has 0 aliphatic rings. The van der Waals surface area contributed by atoms with Crippen molar-refractivity contribution in [2.45, 2.75) is 43.6 Å². The molecule has 5 nitrogen and oxygen atoms in total. The zero-order valence-corrected chi connectivity index (χ0v) is 22.3. The fourth-order valence-electron chi connectivity index (χ4n) is 3.86. The Labute approximate surface area is 215 Å². The number of halogens is 1. The summed E-state index contributed by atoms with van der Waals surface area (Å²) in [5, 5.41) is 11.2. The fourth-order valence-corrected chi connectivity index (χ4v) is 5.02. The fraction of sp³-hybridized carbons (Fsp3) is 0.286. The van der Waals surface area contributed by atoms with Crippen LogP contribution in [0.3, 0.4) is 0 Å². The van der Waals surface area contributed by atoms with Crippen molar-refractivity contribution in [3.05, 3.63) is 87.9 Å². The molecule has 0 aliphatic heterocycles. The molecule has 1 heterocycles. The minimum absolute atomic E-state index is 0.115. The second-order valence-corrected chi connectivity index (χ2v) is 10.7. The van der Waals surface area contributed by atoms with Crippen LogP contribution < -0.4 is 15.0 Å². The largest absolute Gasteiger partial charge is 0.493 e. The van der Waals surface area contributed by atoms with Gasteiger partial charge in [-0.05, 0) is 34.2 Å². The Bertz CT molecular complexity index is 1410. The number of hydrogen-bond acceptors (Lipinski definition) is 5. The molecule has 3 aromatic carbocycles. The first-order chi connectivity index (χ1) is 16.7. The van der Waals surface area contributed by atoms with Crippen LogP contribution in [0.2, 0.25) is 5.02 Å². The van der Waals surface area contributed by atoms with Gasteiger partial charge in [-0.3, -0.25) is 5.41 Å². The zero-order valence-electron chi connectivity index (χ0n) is 20.7. The maximum absolute atomic E-state index is 9.05. The number of fused-ring (bicyclic) bond motifs is 1. The first-order valence-electron chi connectivity index (χ1n) is 11.4. The monoisotopic (exact) mass is 507 g/mol. The number of ether oxygens (including phenoxy) is 2. The smallest absolute Gasteiger partial charge is 0.170 e. The standard InChI is InChI=1S/C28H30ClN3O2S/c1-28(2,3)20-12-10-18(11-13-20)17-35-27-31-23-15-25(34-5)24(33-4)14-21(23)26(30)32(27)16-19-8-6-7-9-22(19)29/h6-15,30H,16-17H2,1-5H3. The minimum atomic E-state index is 0.115. The SMILES string of the molecule is COc1cc2nc(SCc3ccc(C(C)(C)C)cc3)n(Cc3ccccc3Cl)c(=N)c2cc1OC. The van der Waals surface area contributed by atoms with Gasteiger partial charge in [0.25, 0.3) is 0 Å². The van der Waals surface area contributed by atoms with Crippen molar-refractivity contribution in [3.63, 3.8) is 0 Å². The Morgan fingerprint density at radius 3 is 2.26 bits per heavy atom. The van der Waals surface area contributed by atoms with Gasteiger partial charge in [0.1, 0.15) is 5.49 Å². The molecule has 0 saturated heterocycles. The third-order valence-electron chi connectivity index (χ3n) is 5.95. The first kappa shape index (κ1) is 25.1. The van der Waals surface area contributed by atoms with E-state index >= 15 is 0 Å². The lowest BCUT2D eigenvalue weighted by molar-refractivity contribution is 0.355. The molecule has 4 rings (SSSR count). The van der Waals surface area contributed by atoms with Crippen LogP contribution in [-0.2, 0) is 17.7 Å². The molecule has 1 N–H and O–H groups in total. The molecule has 35 heavy (non-hydrogen) atoms. The van der Waals surface area contributed by atoms with E-state index in [9.17, 15) is 0 Å². The van der Waals surface area contributed by atoms with Gasteiger partial charge in [-0.15, -0.1) is 0 Å². The van der Waals surface area contributed by atoms with E-state index in [0.717, 1.165) is 16.5 Å². The predicted molar refractivity (Wildman–Crippen MR) is 144 cm³/mol. The summed E-state index contributed by atoms with van der Waals surface area (Å²) in [6.45, 7) is 7.09. The van der Waals surface area contributed by atoms with Crippen LogP contribution in [0.15, 0.2) is 65.8 Å². The average Bonchev–Trinajstić information content (AvgIpc) is 2.84. The molecule has 0 fully saturated rings. The average molecular weight is 508 g/mol. The molecule has 0 bridgehead atoms. The van der Waals surface area contributed by atoms with Crippen LogP contribution in [0, 0.1) is 5.41 Å². The van der Waals surface area contributed by atoms with Crippen molar-refractivity contribution < 1.29 is 9.47 Å². The Hall–Kier alpha value is -2.96. The third-order valence-corrected chi connectivity index (χ3v) is 7.36. The Kier molecular flexibility index (Phi) is 7.43. The predicted octanol–water partition coefficient (Wildman–Crippen LogP) is 6.82. The second-order valence-electron chi connectivity index (χ2n) is 9.38. The van der Waals surface area contributed by atoms with E-state index in [4.69, 9.17) is 31.5 Å². The molecule has 0 spiro atoms. The first-order valence-corrected chi connectivity index (χ1v) is 12.7. The summed E-state index contributed by atoms with van der Waals surface area (Å²) in [6, 6.07) is 20.1. The second kappa shape index (κ2) is 10.3. The van der Waals surface area contributed by atoms with Gasteiger partial charge >= 0.3 is 0 Å². The van der Waals surface area contributed by atoms with Gasteiger partial charge in [0.15, 0.2) is 16.7 Å². The highest BCUT2D eigenvalue weighted by atomic mass is 35.5. The summed E-state index contributed by atoms with van der Waals surface area (Å²) in [7, 11) is 3.19. The van der Waals surface area contributed by atoms with Crippen molar-refractivity contribution in [1.82, 2.24) is 9.55 Å². The number of nitrogens with zero attached hydrogens (tertiary/aromatic N) is 2. The number of aromatic nitrogens is 2. The van der Waals surface area contributed by atoms with Crippen LogP contribution in [0.25, 0.3) is 10.9 Å². The highest BCUT2D eigenvalue weighted by Crippen LogP contribution is 2.32. The molecule has 1 aromatic heterocycles. The van der Waals surface area contributed by atoms with Gasteiger partial charge in [0, 0.05) is 22.2 Å². The number of thioether (sulfide) groups is 1. The van der Waals surface area contributed by atoms with Crippen LogP contribution >= 0.6 is 23.4 Å². The minimum Gasteiger partial charge on any atom is -0.493 e. The summed E-state index contributed by atoms with van der Waals surface area (Å²) in [5.41, 5.74) is 4.59. The van der Waals surface area contributed by atoms with Gasteiger partial charge in [0.2, 0.25) is 0 Å². The number of rotatable bonds is 7. The van der Waals surface area contributed by atoms with Gasteiger partial charge in [-0.2, -0.15) is 0 Å². The highest BCUT2D eigenvalue weighted by molar-refractivity contribution is 7.98. The normalized spacial score (nSPS) is 11.6. The van der Waals surface area contributed by atoms with E-state index in [1.54, 1.807) is 26.0 Å². The Morgan fingerprint density at radius 1 is 0.971 bits per heavy atom. The molecule has 4 aromatic rings. The van der Waals surface area contributed by atoms with E-state index in [0.29, 0.717) is 39.5 Å². The van der Waals surface area contributed by atoms with Crippen LogP contribution in [0.4, 0.5) is 0 Å². The summed E-state index contributed by atoms with van der Waals surface area (Å²) in [5.74, 6) is 1.89. The van der Waals surface area contributed by atoms with Crippen LogP contribution in [0.1, 0.15) is 37.5 Å². The molecular formula is C28H30ClN3O2S. The lowest BCUT2D eigenvalue weighted by Gasteiger charge is -2.19. The van der Waals surface area contributed by atoms with E-state index in [1.165, 1.54) is 11.1 Å². The van der Waals surface area contributed by atoms with Crippen molar-refractivity contribution in [1.29, 1.82) is 5.41 Å². The summed E-state index contributed by atoms with van der Waals surface area (Å²) >= 11 is 8.08. The lowest BCUT2D eigenvalue weighted by atomic mass is 9.87. The maximum Gasteiger partial charge on any atom is 0.170 e. The van der Waals surface area contributed by atoms with Gasteiger partial charge in [0.05, 0.1) is 26.3 Å². The molecule has 0 radical (unpaired) electrons. The molecule has 7 heteroatoms. The van der Waals surface area contributed by atoms with Crippen molar-refractivity contribution in [2.75, 3.05) is 14.2 Å². The topological polar surface area (TPSA) is 60.1 Å². The van der Waals surface area contributed by atoms with E-state index in [2.05, 4.69) is 45.0 Å². The van der Waals surface area contributed by atoms with Crippen LogP contribution in [0.5, 0.6) is 11.5 Å². The van der Waals surface area contributed by atoms with E-state index in [1.807, 2.05) is 41.0 Å². The molecule has 182 valence electrons. The molecule has 0 atom stereocenters. The summed E-state index contributed by atoms with van der Waals surface area (Å²) in [4.78, 5) is 4.95. The number of nitrogens with one attached hydrogen (secondary N) is 1. The van der Waals surface area contributed by atoms with Gasteiger partial charge < -0.3 is 14.0 Å². The molecule has 0 unspecified atom stereocenters. The van der Waals surface area contributed by atoms with Gasteiger partial charge in [-0.1, -0.05) is 86.6 Å². The summed E-state index contributed by atoms with van der Waals surface area (Å²) in [6.07, 6.45) is 0. The number of methoxy groups -OCH3 is 2. The molecule has 0 aliphatic carbocycles. The highest BCUT2D eigenvalue weighted by Gasteiger charge is 2.16. The van der Waals surface area contributed by atoms with E-state index in [-0.39, 0.29) is 5.41 Å². The molecule has 0 amide bonds.